The Labute approximate surface area is 80.0 Å². The fourth-order valence-corrected chi connectivity index (χ4v) is 1.07. The zero-order valence-electron chi connectivity index (χ0n) is 6.14. The molecule has 0 saturated carbocycles. The van der Waals surface area contributed by atoms with Crippen LogP contribution >= 0.6 is 23.2 Å². The minimum Gasteiger partial charge on any atom is -0.387 e. The van der Waals surface area contributed by atoms with Gasteiger partial charge in [-0.2, -0.15) is 0 Å². The van der Waals surface area contributed by atoms with Crippen molar-refractivity contribution in [3.05, 3.63) is 28.0 Å². The van der Waals surface area contributed by atoms with Crippen LogP contribution in [0.3, 0.4) is 0 Å². The average molecular weight is 204 g/mol. The Morgan fingerprint density at radius 1 is 1.58 bits per heavy atom. The van der Waals surface area contributed by atoms with Crippen molar-refractivity contribution in [1.82, 2.24) is 4.98 Å². The highest BCUT2D eigenvalue weighted by atomic mass is 35.5. The molecule has 0 aliphatic heterocycles. The third kappa shape index (κ3) is 2.36. The van der Waals surface area contributed by atoms with Gasteiger partial charge in [-0.15, -0.1) is 0 Å². The number of nitrogens with one attached hydrogen (secondary N) is 1. The van der Waals surface area contributed by atoms with Gasteiger partial charge in [0.1, 0.15) is 5.15 Å². The number of aromatic nitrogens is 1. The molecule has 0 bridgehead atoms. The lowest BCUT2D eigenvalue weighted by molar-refractivity contribution is 1.19. The Balaban J connectivity index is 2.89. The van der Waals surface area contributed by atoms with Crippen LogP contribution < -0.4 is 5.73 Å². The van der Waals surface area contributed by atoms with Gasteiger partial charge in [-0.1, -0.05) is 23.2 Å². The molecule has 0 aromatic carbocycles. The average Bonchev–Trinajstić information content (AvgIpc) is 1.96. The van der Waals surface area contributed by atoms with Gasteiger partial charge in [-0.25, -0.2) is 4.98 Å². The predicted molar refractivity (Wildman–Crippen MR) is 49.9 cm³/mol. The summed E-state index contributed by atoms with van der Waals surface area (Å²) in [6.45, 7) is 0. The number of amidine groups is 1. The molecule has 5 heteroatoms. The molecule has 1 rings (SSSR count). The lowest BCUT2D eigenvalue weighted by Crippen LogP contribution is -2.12. The second kappa shape index (κ2) is 3.74. The van der Waals surface area contributed by atoms with Crippen molar-refractivity contribution in [2.75, 3.05) is 0 Å². The molecular formula is C7H7Cl2N3. The third-order valence-corrected chi connectivity index (χ3v) is 1.93. The van der Waals surface area contributed by atoms with Gasteiger partial charge in [0.05, 0.1) is 10.9 Å². The summed E-state index contributed by atoms with van der Waals surface area (Å²) < 4.78 is 0. The lowest BCUT2D eigenvalue weighted by atomic mass is 10.2. The molecule has 0 fully saturated rings. The molecule has 0 aliphatic carbocycles. The van der Waals surface area contributed by atoms with Crippen LogP contribution in [0.1, 0.15) is 5.56 Å². The number of pyridine rings is 1. The van der Waals surface area contributed by atoms with Crippen LogP contribution in [0.5, 0.6) is 0 Å². The maximum atomic E-state index is 7.03. The Kier molecular flexibility index (Phi) is 2.89. The minimum atomic E-state index is 0.0789. The van der Waals surface area contributed by atoms with Crippen molar-refractivity contribution in [1.29, 1.82) is 5.41 Å². The molecule has 1 aromatic heterocycles. The number of nitrogens with two attached hydrogens (primary N) is 1. The van der Waals surface area contributed by atoms with E-state index in [2.05, 4.69) is 4.98 Å². The molecule has 0 aliphatic rings. The summed E-state index contributed by atoms with van der Waals surface area (Å²) in [5, 5.41) is 7.68. The number of rotatable bonds is 2. The van der Waals surface area contributed by atoms with Crippen LogP contribution in [-0.2, 0) is 6.42 Å². The van der Waals surface area contributed by atoms with Crippen LogP contribution in [-0.4, -0.2) is 10.8 Å². The molecule has 0 saturated heterocycles. The van der Waals surface area contributed by atoms with Crippen LogP contribution in [0.2, 0.25) is 10.2 Å². The van der Waals surface area contributed by atoms with Crippen LogP contribution in [0, 0.1) is 5.41 Å². The molecule has 0 unspecified atom stereocenters. The van der Waals surface area contributed by atoms with E-state index in [1.165, 1.54) is 0 Å². The summed E-state index contributed by atoms with van der Waals surface area (Å²) >= 11 is 11.3. The Morgan fingerprint density at radius 2 is 2.25 bits per heavy atom. The first kappa shape index (κ1) is 9.29. The SMILES string of the molecule is N=C(N)Cc1cnc(Cl)c(Cl)c1. The summed E-state index contributed by atoms with van der Waals surface area (Å²) in [6, 6.07) is 1.65. The maximum Gasteiger partial charge on any atom is 0.147 e. The van der Waals surface area contributed by atoms with E-state index in [1.807, 2.05) is 0 Å². The van der Waals surface area contributed by atoms with E-state index in [1.54, 1.807) is 12.3 Å². The largest absolute Gasteiger partial charge is 0.387 e. The molecule has 64 valence electrons. The number of hydrogen-bond donors (Lipinski definition) is 2. The van der Waals surface area contributed by atoms with Gasteiger partial charge in [-0.3, -0.25) is 5.41 Å². The van der Waals surface area contributed by atoms with Gasteiger partial charge in [-0.05, 0) is 11.6 Å². The Morgan fingerprint density at radius 3 is 2.75 bits per heavy atom. The van der Waals surface area contributed by atoms with E-state index < -0.39 is 0 Å². The standard InChI is InChI=1S/C7H7Cl2N3/c8-5-1-4(2-6(10)11)3-12-7(5)9/h1,3H,2H2,(H3,10,11). The van der Waals surface area contributed by atoms with Crippen LogP contribution in [0.25, 0.3) is 0 Å². The number of hydrogen-bond acceptors (Lipinski definition) is 2. The summed E-state index contributed by atoms with van der Waals surface area (Å²) in [5.41, 5.74) is 5.98. The zero-order valence-corrected chi connectivity index (χ0v) is 7.65. The highest BCUT2D eigenvalue weighted by Crippen LogP contribution is 2.19. The molecule has 0 atom stereocenters. The highest BCUT2D eigenvalue weighted by molar-refractivity contribution is 6.41. The molecular weight excluding hydrogens is 197 g/mol. The summed E-state index contributed by atoms with van der Waals surface area (Å²) in [7, 11) is 0. The molecule has 3 nitrogen and oxygen atoms in total. The number of nitrogens with zero attached hydrogens (tertiary/aromatic N) is 1. The van der Waals surface area contributed by atoms with Crippen LogP contribution in [0.15, 0.2) is 12.3 Å². The van der Waals surface area contributed by atoms with Crippen LogP contribution in [0.4, 0.5) is 0 Å². The van der Waals surface area contributed by atoms with Gasteiger partial charge in [0.15, 0.2) is 0 Å². The van der Waals surface area contributed by atoms with E-state index in [9.17, 15) is 0 Å². The molecule has 1 aromatic rings. The van der Waals surface area contributed by atoms with Crippen molar-refractivity contribution < 1.29 is 0 Å². The summed E-state index contributed by atoms with van der Waals surface area (Å²) in [4.78, 5) is 3.81. The topological polar surface area (TPSA) is 62.8 Å². The normalized spacial score (nSPS) is 9.83. The van der Waals surface area contributed by atoms with E-state index >= 15 is 0 Å². The fraction of sp³-hybridized carbons (Fsp3) is 0.143. The highest BCUT2D eigenvalue weighted by Gasteiger charge is 2.01. The molecule has 3 N–H and O–H groups in total. The van der Waals surface area contributed by atoms with Crippen molar-refractivity contribution >= 4 is 29.0 Å². The quantitative estimate of drug-likeness (QED) is 0.438. The van der Waals surface area contributed by atoms with E-state index in [0.29, 0.717) is 11.4 Å². The molecule has 0 spiro atoms. The van der Waals surface area contributed by atoms with Gasteiger partial charge in [0.2, 0.25) is 0 Å². The second-order valence-electron chi connectivity index (χ2n) is 2.32. The monoisotopic (exact) mass is 203 g/mol. The Hall–Kier alpha value is -0.800. The molecule has 0 radical (unpaired) electrons. The van der Waals surface area contributed by atoms with E-state index in [0.717, 1.165) is 5.56 Å². The first-order chi connectivity index (χ1) is 5.59. The third-order valence-electron chi connectivity index (χ3n) is 1.25. The van der Waals surface area contributed by atoms with E-state index in [4.69, 9.17) is 34.3 Å². The lowest BCUT2D eigenvalue weighted by Gasteiger charge is -1.99. The maximum absolute atomic E-state index is 7.03. The molecule has 0 amide bonds. The van der Waals surface area contributed by atoms with Gasteiger partial charge >= 0.3 is 0 Å². The van der Waals surface area contributed by atoms with Gasteiger partial charge < -0.3 is 5.73 Å². The van der Waals surface area contributed by atoms with E-state index in [-0.39, 0.29) is 11.0 Å². The van der Waals surface area contributed by atoms with Crippen molar-refractivity contribution in [3.63, 3.8) is 0 Å². The zero-order chi connectivity index (χ0) is 9.14. The second-order valence-corrected chi connectivity index (χ2v) is 3.08. The summed E-state index contributed by atoms with van der Waals surface area (Å²) in [5.74, 6) is 0.0789. The fourth-order valence-electron chi connectivity index (χ4n) is 0.777. The number of halogens is 2. The molecule has 12 heavy (non-hydrogen) atoms. The van der Waals surface area contributed by atoms with Crippen molar-refractivity contribution in [3.8, 4) is 0 Å². The minimum absolute atomic E-state index is 0.0789. The Bertz CT molecular complexity index is 312. The smallest absolute Gasteiger partial charge is 0.147 e. The molecule has 1 heterocycles. The van der Waals surface area contributed by atoms with Gasteiger partial charge in [0.25, 0.3) is 0 Å². The summed E-state index contributed by atoms with van der Waals surface area (Å²) in [6.07, 6.45) is 1.90. The predicted octanol–water partition coefficient (Wildman–Crippen LogP) is 1.87. The first-order valence-electron chi connectivity index (χ1n) is 3.22. The van der Waals surface area contributed by atoms with Crippen molar-refractivity contribution in [2.45, 2.75) is 6.42 Å². The van der Waals surface area contributed by atoms with Gasteiger partial charge in [0, 0.05) is 12.6 Å². The first-order valence-corrected chi connectivity index (χ1v) is 3.98. The van der Waals surface area contributed by atoms with Crippen molar-refractivity contribution in [2.24, 2.45) is 5.73 Å².